The molecule has 1 aromatic heterocycles. The number of nitrogens with zero attached hydrogens (tertiary/aromatic N) is 2. The third kappa shape index (κ3) is 4.71. The number of nitrogens with one attached hydrogen (secondary N) is 1. The highest BCUT2D eigenvalue weighted by atomic mass is 16.5. The molecule has 5 rings (SSSR count). The van der Waals surface area contributed by atoms with Crippen molar-refractivity contribution in [1.82, 2.24) is 9.47 Å². The summed E-state index contributed by atoms with van der Waals surface area (Å²) in [5, 5.41) is 3.02. The molecular formula is C28H29N3O5. The van der Waals surface area contributed by atoms with Gasteiger partial charge in [-0.2, -0.15) is 0 Å². The third-order valence-corrected chi connectivity index (χ3v) is 7.01. The second-order valence-corrected chi connectivity index (χ2v) is 9.39. The maximum absolute atomic E-state index is 13.3. The van der Waals surface area contributed by atoms with Gasteiger partial charge in [0.15, 0.2) is 0 Å². The number of benzene rings is 2. The van der Waals surface area contributed by atoms with E-state index in [2.05, 4.69) is 5.32 Å². The maximum Gasteiger partial charge on any atom is 0.253 e. The van der Waals surface area contributed by atoms with E-state index >= 15 is 0 Å². The van der Waals surface area contributed by atoms with Crippen LogP contribution in [-0.4, -0.2) is 48.6 Å². The van der Waals surface area contributed by atoms with Crippen LogP contribution in [0.1, 0.15) is 34.0 Å². The van der Waals surface area contributed by atoms with Gasteiger partial charge < -0.3 is 24.3 Å². The summed E-state index contributed by atoms with van der Waals surface area (Å²) in [6, 6.07) is 17.7. The van der Waals surface area contributed by atoms with Crippen molar-refractivity contribution in [1.29, 1.82) is 0 Å². The van der Waals surface area contributed by atoms with Crippen LogP contribution in [0.25, 0.3) is 0 Å². The van der Waals surface area contributed by atoms with Crippen molar-refractivity contribution in [3.63, 3.8) is 0 Å². The zero-order valence-corrected chi connectivity index (χ0v) is 20.4. The molecule has 2 aliphatic rings. The summed E-state index contributed by atoms with van der Waals surface area (Å²) in [7, 11) is 3.19. The van der Waals surface area contributed by atoms with Gasteiger partial charge in [0.05, 0.1) is 26.3 Å². The molecule has 1 N–H and O–H groups in total. The van der Waals surface area contributed by atoms with E-state index in [1.165, 1.54) is 6.07 Å². The Kier molecular flexibility index (Phi) is 6.50. The molecule has 2 aromatic carbocycles. The van der Waals surface area contributed by atoms with Crippen molar-refractivity contribution in [3.8, 4) is 11.5 Å². The summed E-state index contributed by atoms with van der Waals surface area (Å²) in [4.78, 5) is 40.7. The number of piperidine rings is 1. The van der Waals surface area contributed by atoms with E-state index in [1.807, 2.05) is 29.2 Å². The fraction of sp³-hybridized carbons (Fsp3) is 0.321. The van der Waals surface area contributed by atoms with Gasteiger partial charge in [-0.05, 0) is 60.4 Å². The van der Waals surface area contributed by atoms with Crippen molar-refractivity contribution in [2.24, 2.45) is 5.92 Å². The number of rotatable bonds is 6. The summed E-state index contributed by atoms with van der Waals surface area (Å²) in [5.41, 5.74) is 2.82. The Labute approximate surface area is 209 Å². The summed E-state index contributed by atoms with van der Waals surface area (Å²) in [5.74, 6) is 1.38. The van der Waals surface area contributed by atoms with Crippen LogP contribution >= 0.6 is 0 Å². The first-order valence-corrected chi connectivity index (χ1v) is 12.0. The number of hydrogen-bond donors (Lipinski definition) is 1. The largest absolute Gasteiger partial charge is 0.497 e. The van der Waals surface area contributed by atoms with Crippen LogP contribution in [0.2, 0.25) is 0 Å². The Bertz CT molecular complexity index is 1330. The fourth-order valence-electron chi connectivity index (χ4n) is 5.33. The molecule has 1 fully saturated rings. The number of carbonyl (C=O) groups excluding carboxylic acids is 2. The Hall–Kier alpha value is -4.07. The van der Waals surface area contributed by atoms with Gasteiger partial charge in [0, 0.05) is 42.9 Å². The highest BCUT2D eigenvalue weighted by molar-refractivity contribution is 5.95. The van der Waals surface area contributed by atoms with Gasteiger partial charge in [-0.25, -0.2) is 0 Å². The van der Waals surface area contributed by atoms with Gasteiger partial charge in [0.2, 0.25) is 5.91 Å². The highest BCUT2D eigenvalue weighted by Gasteiger charge is 2.38. The Morgan fingerprint density at radius 1 is 0.889 bits per heavy atom. The van der Waals surface area contributed by atoms with Crippen molar-refractivity contribution < 1.29 is 19.1 Å². The van der Waals surface area contributed by atoms with E-state index < -0.39 is 0 Å². The van der Waals surface area contributed by atoms with Crippen molar-refractivity contribution >= 4 is 17.5 Å². The lowest BCUT2D eigenvalue weighted by molar-refractivity contribution is -0.115. The smallest absolute Gasteiger partial charge is 0.253 e. The molecule has 8 nitrogen and oxygen atoms in total. The number of fused-ring (bicyclic) bond motifs is 4. The zero-order valence-electron chi connectivity index (χ0n) is 20.4. The zero-order chi connectivity index (χ0) is 25.2. The molecule has 2 aliphatic heterocycles. The van der Waals surface area contributed by atoms with E-state index in [4.69, 9.17) is 9.47 Å². The average Bonchev–Trinajstić information content (AvgIpc) is 2.90. The molecular weight excluding hydrogens is 458 g/mol. The molecule has 3 aromatic rings. The normalized spacial score (nSPS) is 18.2. The predicted molar refractivity (Wildman–Crippen MR) is 136 cm³/mol. The lowest BCUT2D eigenvalue weighted by Gasteiger charge is -2.43. The van der Waals surface area contributed by atoms with E-state index in [-0.39, 0.29) is 35.6 Å². The number of methoxy groups -OCH3 is 2. The molecule has 3 heterocycles. The number of aromatic nitrogens is 1. The predicted octanol–water partition coefficient (Wildman–Crippen LogP) is 3.31. The summed E-state index contributed by atoms with van der Waals surface area (Å²) in [6.07, 6.45) is 1.08. The lowest BCUT2D eigenvalue weighted by atomic mass is 9.82. The van der Waals surface area contributed by atoms with Crippen LogP contribution in [0.5, 0.6) is 11.5 Å². The average molecular weight is 488 g/mol. The first kappa shape index (κ1) is 23.7. The SMILES string of the molecule is COc1ccc(CC(=O)Nc2ccc(=O)n3c2C2CC(CN(C(=O)c4ccc(OC)cc4)C2)C3)cc1. The Morgan fingerprint density at radius 2 is 1.56 bits per heavy atom. The number of likely N-dealkylation sites (tertiary alicyclic amines) is 1. The van der Waals surface area contributed by atoms with Gasteiger partial charge in [-0.1, -0.05) is 12.1 Å². The minimum atomic E-state index is -0.161. The second kappa shape index (κ2) is 9.89. The van der Waals surface area contributed by atoms with Crippen LogP contribution in [-0.2, 0) is 17.8 Å². The molecule has 8 heteroatoms. The molecule has 0 aliphatic carbocycles. The quantitative estimate of drug-likeness (QED) is 0.576. The van der Waals surface area contributed by atoms with Gasteiger partial charge in [0.1, 0.15) is 11.5 Å². The van der Waals surface area contributed by atoms with E-state index in [0.29, 0.717) is 36.6 Å². The maximum atomic E-state index is 13.3. The second-order valence-electron chi connectivity index (χ2n) is 9.39. The van der Waals surface area contributed by atoms with Crippen molar-refractivity contribution in [3.05, 3.63) is 87.8 Å². The van der Waals surface area contributed by atoms with Crippen molar-refractivity contribution in [2.45, 2.75) is 25.3 Å². The van der Waals surface area contributed by atoms with Gasteiger partial charge in [-0.15, -0.1) is 0 Å². The summed E-state index contributed by atoms with van der Waals surface area (Å²) < 4.78 is 12.2. The first-order chi connectivity index (χ1) is 17.4. The summed E-state index contributed by atoms with van der Waals surface area (Å²) in [6.45, 7) is 1.62. The number of carbonyl (C=O) groups is 2. The lowest BCUT2D eigenvalue weighted by Crippen LogP contribution is -2.49. The Morgan fingerprint density at radius 3 is 2.22 bits per heavy atom. The third-order valence-electron chi connectivity index (χ3n) is 7.01. The number of ether oxygens (including phenoxy) is 2. The summed E-state index contributed by atoms with van der Waals surface area (Å²) >= 11 is 0. The molecule has 0 spiro atoms. The van der Waals surface area contributed by atoms with Gasteiger partial charge >= 0.3 is 0 Å². The number of pyridine rings is 1. The van der Waals surface area contributed by atoms with Gasteiger partial charge in [0.25, 0.3) is 11.5 Å². The van der Waals surface area contributed by atoms with Gasteiger partial charge in [-0.3, -0.25) is 14.4 Å². The van der Waals surface area contributed by atoms with Crippen LogP contribution in [0.3, 0.4) is 0 Å². The molecule has 2 bridgehead atoms. The molecule has 0 saturated carbocycles. The fourth-order valence-corrected chi connectivity index (χ4v) is 5.33. The first-order valence-electron chi connectivity index (χ1n) is 12.0. The van der Waals surface area contributed by atoms with Crippen LogP contribution in [0.15, 0.2) is 65.5 Å². The van der Waals surface area contributed by atoms with E-state index in [0.717, 1.165) is 23.4 Å². The van der Waals surface area contributed by atoms with Crippen molar-refractivity contribution in [2.75, 3.05) is 32.6 Å². The molecule has 2 amide bonds. The monoisotopic (exact) mass is 487 g/mol. The number of hydrogen-bond acceptors (Lipinski definition) is 5. The standard InChI is InChI=1S/C28H29N3O5/c1-35-22-7-3-18(4-8-22)14-25(32)29-24-11-12-26(33)31-16-19-13-21(27(24)31)17-30(15-19)28(34)20-5-9-23(36-2)10-6-20/h3-12,19,21H,13-17H2,1-2H3,(H,29,32). The Balaban J connectivity index is 1.36. The molecule has 186 valence electrons. The van der Waals surface area contributed by atoms with E-state index in [9.17, 15) is 14.4 Å². The molecule has 2 unspecified atom stereocenters. The topological polar surface area (TPSA) is 89.9 Å². The molecule has 2 atom stereocenters. The highest BCUT2D eigenvalue weighted by Crippen LogP contribution is 2.39. The minimum absolute atomic E-state index is 0.0371. The van der Waals surface area contributed by atoms with Crippen LogP contribution in [0.4, 0.5) is 5.69 Å². The van der Waals surface area contributed by atoms with Crippen LogP contribution < -0.4 is 20.3 Å². The van der Waals surface area contributed by atoms with E-state index in [1.54, 1.807) is 49.1 Å². The van der Waals surface area contributed by atoms with Crippen LogP contribution in [0, 0.1) is 5.92 Å². The minimum Gasteiger partial charge on any atom is -0.497 e. The molecule has 0 radical (unpaired) electrons. The number of amides is 2. The number of anilines is 1. The molecule has 1 saturated heterocycles. The molecule has 36 heavy (non-hydrogen) atoms.